The van der Waals surface area contributed by atoms with E-state index in [1.54, 1.807) is 6.20 Å². The lowest BCUT2D eigenvalue weighted by molar-refractivity contribution is 0.286. The summed E-state index contributed by atoms with van der Waals surface area (Å²) in [6.45, 7) is 4.37. The summed E-state index contributed by atoms with van der Waals surface area (Å²) in [4.78, 5) is 13.6. The van der Waals surface area contributed by atoms with Crippen molar-refractivity contribution in [3.63, 3.8) is 0 Å². The van der Waals surface area contributed by atoms with Crippen LogP contribution in [0.25, 0.3) is 22.4 Å². The molecule has 7 heteroatoms. The molecule has 0 aliphatic carbocycles. The molecular weight excluding hydrogens is 326 g/mol. The van der Waals surface area contributed by atoms with Gasteiger partial charge in [0.15, 0.2) is 0 Å². The number of nitrogens with zero attached hydrogens (tertiary/aromatic N) is 6. The Balaban J connectivity index is 1.49. The summed E-state index contributed by atoms with van der Waals surface area (Å²) >= 11 is 0. The monoisotopic (exact) mass is 345 g/mol. The Morgan fingerprint density at radius 3 is 2.46 bits per heavy atom. The molecule has 1 N–H and O–H groups in total. The summed E-state index contributed by atoms with van der Waals surface area (Å²) in [5.41, 5.74) is 3.95. The predicted octanol–water partition coefficient (Wildman–Crippen LogP) is 1.68. The zero-order chi connectivity index (χ0) is 17.8. The van der Waals surface area contributed by atoms with Crippen LogP contribution in [0, 0.1) is 12.3 Å². The highest BCUT2D eigenvalue weighted by Crippen LogP contribution is 2.24. The van der Waals surface area contributed by atoms with E-state index in [1.807, 2.05) is 30.6 Å². The van der Waals surface area contributed by atoms with Crippen LogP contribution in [0.5, 0.6) is 0 Å². The van der Waals surface area contributed by atoms with Crippen molar-refractivity contribution in [3.05, 3.63) is 42.9 Å². The summed E-state index contributed by atoms with van der Waals surface area (Å²) in [7, 11) is 0. The minimum absolute atomic E-state index is 0.704. The Morgan fingerprint density at radius 2 is 1.77 bits per heavy atom. The van der Waals surface area contributed by atoms with Crippen LogP contribution in [0.4, 0.5) is 5.95 Å². The van der Waals surface area contributed by atoms with Crippen molar-refractivity contribution >= 4 is 5.95 Å². The normalized spacial score (nSPS) is 15.0. The van der Waals surface area contributed by atoms with Crippen LogP contribution in [-0.4, -0.2) is 63.0 Å². The number of nitrogens with one attached hydrogen (secondary N) is 1. The summed E-state index contributed by atoms with van der Waals surface area (Å²) in [5.74, 6) is 3.47. The summed E-state index contributed by atoms with van der Waals surface area (Å²) in [5, 5.41) is 10.5. The third-order valence-electron chi connectivity index (χ3n) is 4.53. The highest BCUT2D eigenvalue weighted by molar-refractivity contribution is 5.70. The molecule has 0 amide bonds. The lowest BCUT2D eigenvalue weighted by atomic mass is 10.0. The Morgan fingerprint density at radius 1 is 1.00 bits per heavy atom. The molecule has 1 aliphatic rings. The number of hydrogen-bond acceptors (Lipinski definition) is 6. The van der Waals surface area contributed by atoms with Gasteiger partial charge in [-0.3, -0.25) is 10.00 Å². The zero-order valence-electron chi connectivity index (χ0n) is 14.3. The standard InChI is InChI=1S/C19H19N7/c1-2-6-25-7-9-26(10-8-25)19-20-12-17(13-21-19)15-4-3-5-16(11-15)18-14-22-24-23-18/h1,3-5,11-14H,6-10H2,(H,22,23,24). The van der Waals surface area contributed by atoms with Crippen molar-refractivity contribution in [3.8, 4) is 34.7 Å². The van der Waals surface area contributed by atoms with E-state index in [0.717, 1.165) is 54.5 Å². The molecule has 1 aliphatic heterocycles. The second-order valence-corrected chi connectivity index (χ2v) is 6.19. The van der Waals surface area contributed by atoms with Crippen LogP contribution >= 0.6 is 0 Å². The number of aromatic nitrogens is 5. The van der Waals surface area contributed by atoms with Gasteiger partial charge in [-0.2, -0.15) is 0 Å². The molecule has 0 spiro atoms. The number of piperazine rings is 1. The quantitative estimate of drug-likeness (QED) is 0.726. The summed E-state index contributed by atoms with van der Waals surface area (Å²) in [6, 6.07) is 8.14. The molecular formula is C19H19N7. The van der Waals surface area contributed by atoms with E-state index in [9.17, 15) is 0 Å². The average Bonchev–Trinajstić information content (AvgIpc) is 3.24. The maximum atomic E-state index is 5.38. The second kappa shape index (κ2) is 7.33. The van der Waals surface area contributed by atoms with Crippen molar-refractivity contribution in [2.75, 3.05) is 37.6 Å². The van der Waals surface area contributed by atoms with E-state index >= 15 is 0 Å². The van der Waals surface area contributed by atoms with Crippen molar-refractivity contribution < 1.29 is 0 Å². The SMILES string of the molecule is C#CCN1CCN(c2ncc(-c3cccc(-c4cnn[nH]4)c3)cn2)CC1. The van der Waals surface area contributed by atoms with Crippen LogP contribution in [0.2, 0.25) is 0 Å². The Hall–Kier alpha value is -3.24. The fourth-order valence-corrected chi connectivity index (χ4v) is 3.07. The number of hydrogen-bond donors (Lipinski definition) is 1. The Kier molecular flexibility index (Phi) is 4.58. The Bertz CT molecular complexity index is 888. The number of anilines is 1. The molecule has 130 valence electrons. The van der Waals surface area contributed by atoms with Crippen LogP contribution < -0.4 is 4.90 Å². The molecule has 1 aromatic carbocycles. The molecule has 2 aromatic heterocycles. The molecule has 26 heavy (non-hydrogen) atoms. The summed E-state index contributed by atoms with van der Waals surface area (Å²) in [6.07, 6.45) is 10.8. The van der Waals surface area contributed by atoms with E-state index in [0.29, 0.717) is 6.54 Å². The van der Waals surface area contributed by atoms with E-state index in [-0.39, 0.29) is 0 Å². The fourth-order valence-electron chi connectivity index (χ4n) is 3.07. The van der Waals surface area contributed by atoms with Crippen LogP contribution in [0.3, 0.4) is 0 Å². The second-order valence-electron chi connectivity index (χ2n) is 6.19. The molecule has 0 bridgehead atoms. The van der Waals surface area contributed by atoms with Gasteiger partial charge in [-0.1, -0.05) is 29.3 Å². The van der Waals surface area contributed by atoms with Gasteiger partial charge in [0.1, 0.15) is 0 Å². The van der Waals surface area contributed by atoms with E-state index in [1.165, 1.54) is 0 Å². The van der Waals surface area contributed by atoms with Gasteiger partial charge in [0.2, 0.25) is 5.95 Å². The van der Waals surface area contributed by atoms with Crippen LogP contribution in [0.15, 0.2) is 42.9 Å². The first-order valence-corrected chi connectivity index (χ1v) is 8.53. The number of terminal acetylenes is 1. The number of aromatic amines is 1. The van der Waals surface area contributed by atoms with Gasteiger partial charge in [-0.15, -0.1) is 11.5 Å². The maximum absolute atomic E-state index is 5.38. The zero-order valence-corrected chi connectivity index (χ0v) is 14.3. The molecule has 0 unspecified atom stereocenters. The van der Waals surface area contributed by atoms with Crippen molar-refractivity contribution in [1.82, 2.24) is 30.3 Å². The number of rotatable bonds is 4. The third-order valence-corrected chi connectivity index (χ3v) is 4.53. The maximum Gasteiger partial charge on any atom is 0.225 e. The molecule has 3 aromatic rings. The van der Waals surface area contributed by atoms with Crippen molar-refractivity contribution in [1.29, 1.82) is 0 Å². The highest BCUT2D eigenvalue weighted by Gasteiger charge is 2.18. The van der Waals surface area contributed by atoms with Gasteiger partial charge < -0.3 is 4.90 Å². The molecule has 1 fully saturated rings. The lowest BCUT2D eigenvalue weighted by Gasteiger charge is -2.33. The fraction of sp³-hybridized carbons (Fsp3) is 0.263. The molecule has 7 nitrogen and oxygen atoms in total. The van der Waals surface area contributed by atoms with Crippen LogP contribution in [-0.2, 0) is 0 Å². The third kappa shape index (κ3) is 3.41. The number of H-pyrrole nitrogens is 1. The first-order chi connectivity index (χ1) is 12.8. The van der Waals surface area contributed by atoms with Gasteiger partial charge >= 0.3 is 0 Å². The first-order valence-electron chi connectivity index (χ1n) is 8.53. The Labute approximate surface area is 152 Å². The minimum Gasteiger partial charge on any atom is -0.338 e. The highest BCUT2D eigenvalue weighted by atomic mass is 15.3. The average molecular weight is 345 g/mol. The molecule has 0 saturated carbocycles. The van der Waals surface area contributed by atoms with Gasteiger partial charge in [0.05, 0.1) is 18.4 Å². The topological polar surface area (TPSA) is 73.8 Å². The van der Waals surface area contributed by atoms with Gasteiger partial charge in [-0.25, -0.2) is 9.97 Å². The molecule has 3 heterocycles. The van der Waals surface area contributed by atoms with E-state index in [4.69, 9.17) is 6.42 Å². The lowest BCUT2D eigenvalue weighted by Crippen LogP contribution is -2.47. The molecule has 1 saturated heterocycles. The smallest absolute Gasteiger partial charge is 0.225 e. The van der Waals surface area contributed by atoms with Crippen LogP contribution in [0.1, 0.15) is 0 Å². The summed E-state index contributed by atoms with van der Waals surface area (Å²) < 4.78 is 0. The molecule has 0 radical (unpaired) electrons. The first kappa shape index (κ1) is 16.2. The van der Waals surface area contributed by atoms with Gasteiger partial charge in [0, 0.05) is 49.7 Å². The van der Waals surface area contributed by atoms with E-state index < -0.39 is 0 Å². The van der Waals surface area contributed by atoms with Gasteiger partial charge in [-0.05, 0) is 11.6 Å². The van der Waals surface area contributed by atoms with E-state index in [2.05, 4.69) is 47.2 Å². The van der Waals surface area contributed by atoms with Gasteiger partial charge in [0.25, 0.3) is 0 Å². The largest absolute Gasteiger partial charge is 0.338 e. The predicted molar refractivity (Wildman–Crippen MR) is 100 cm³/mol. The van der Waals surface area contributed by atoms with Crippen molar-refractivity contribution in [2.24, 2.45) is 0 Å². The minimum atomic E-state index is 0.704. The molecule has 0 atom stereocenters. The van der Waals surface area contributed by atoms with Crippen molar-refractivity contribution in [2.45, 2.75) is 0 Å². The molecule has 4 rings (SSSR count). The number of benzene rings is 1.